The molecule has 2 heterocycles. The first kappa shape index (κ1) is 23.3. The molecule has 186 valence electrons. The number of fused-ring (bicyclic) bond motifs is 1. The second-order valence-corrected chi connectivity index (χ2v) is 9.24. The van der Waals surface area contributed by atoms with Crippen LogP contribution in [0.1, 0.15) is 22.7 Å². The smallest absolute Gasteiger partial charge is 0.300 e. The van der Waals surface area contributed by atoms with Gasteiger partial charge in [0.25, 0.3) is 11.7 Å². The maximum absolute atomic E-state index is 13.6. The molecule has 1 amide bonds. The number of aliphatic hydroxyl groups is 1. The van der Waals surface area contributed by atoms with Gasteiger partial charge in [0.15, 0.2) is 0 Å². The number of nitrogens with zero attached hydrogens (tertiary/aromatic N) is 1. The number of nitrogens with one attached hydrogen (secondary N) is 1. The number of amides is 1. The van der Waals surface area contributed by atoms with E-state index >= 15 is 0 Å². The molecule has 0 bridgehead atoms. The van der Waals surface area contributed by atoms with E-state index in [9.17, 15) is 14.7 Å². The topological polar surface area (TPSA) is 82.6 Å². The zero-order chi connectivity index (χ0) is 26.2. The maximum Gasteiger partial charge on any atom is 0.300 e. The summed E-state index contributed by atoms with van der Waals surface area (Å²) in [5, 5.41) is 12.3. The highest BCUT2D eigenvalue weighted by atomic mass is 16.5. The summed E-state index contributed by atoms with van der Waals surface area (Å²) < 4.78 is 6.05. The molecule has 1 aliphatic heterocycles. The number of para-hydroxylation sites is 2. The lowest BCUT2D eigenvalue weighted by Gasteiger charge is -2.26. The van der Waals surface area contributed by atoms with E-state index in [1.54, 1.807) is 18.3 Å². The van der Waals surface area contributed by atoms with Crippen LogP contribution in [0.3, 0.4) is 0 Å². The molecule has 0 aliphatic carbocycles. The molecule has 38 heavy (non-hydrogen) atoms. The van der Waals surface area contributed by atoms with E-state index in [1.165, 1.54) is 4.90 Å². The lowest BCUT2D eigenvalue weighted by Crippen LogP contribution is -2.29. The van der Waals surface area contributed by atoms with E-state index in [1.807, 2.05) is 97.9 Å². The summed E-state index contributed by atoms with van der Waals surface area (Å²) in [5.74, 6) is -0.452. The highest BCUT2D eigenvalue weighted by Crippen LogP contribution is 2.44. The molecule has 1 fully saturated rings. The van der Waals surface area contributed by atoms with Gasteiger partial charge in [0.2, 0.25) is 0 Å². The van der Waals surface area contributed by atoms with E-state index in [-0.39, 0.29) is 11.3 Å². The molecular formula is C32H24N2O4. The van der Waals surface area contributed by atoms with Crippen LogP contribution < -0.4 is 9.64 Å². The number of carbonyl (C=O) groups is 2. The van der Waals surface area contributed by atoms with Crippen molar-refractivity contribution in [1.82, 2.24) is 4.98 Å². The van der Waals surface area contributed by atoms with Crippen molar-refractivity contribution >= 4 is 34.0 Å². The fourth-order valence-electron chi connectivity index (χ4n) is 4.98. The predicted molar refractivity (Wildman–Crippen MR) is 147 cm³/mol. The zero-order valence-corrected chi connectivity index (χ0v) is 20.6. The molecule has 6 rings (SSSR count). The van der Waals surface area contributed by atoms with Crippen LogP contribution >= 0.6 is 0 Å². The van der Waals surface area contributed by atoms with Crippen molar-refractivity contribution in [3.05, 3.63) is 132 Å². The number of aromatic amines is 1. The lowest BCUT2D eigenvalue weighted by atomic mass is 9.94. The Morgan fingerprint density at radius 3 is 2.39 bits per heavy atom. The third kappa shape index (κ3) is 4.02. The molecule has 5 aromatic rings. The summed E-state index contributed by atoms with van der Waals surface area (Å²) in [6, 6.07) is 30.7. The Kier molecular flexibility index (Phi) is 5.77. The normalized spacial score (nSPS) is 16.8. The fourth-order valence-corrected chi connectivity index (χ4v) is 4.98. The zero-order valence-electron chi connectivity index (χ0n) is 20.6. The predicted octanol–water partition coefficient (Wildman–Crippen LogP) is 6.89. The van der Waals surface area contributed by atoms with Crippen molar-refractivity contribution in [3.63, 3.8) is 0 Å². The minimum Gasteiger partial charge on any atom is -0.507 e. The van der Waals surface area contributed by atoms with Gasteiger partial charge in [-0.05, 0) is 60.5 Å². The Morgan fingerprint density at radius 2 is 1.58 bits per heavy atom. The average molecular weight is 501 g/mol. The molecule has 1 aliphatic rings. The summed E-state index contributed by atoms with van der Waals surface area (Å²) in [4.78, 5) is 31.7. The highest BCUT2D eigenvalue weighted by molar-refractivity contribution is 6.51. The minimum absolute atomic E-state index is 0.0260. The molecule has 2 N–H and O–H groups in total. The van der Waals surface area contributed by atoms with Crippen molar-refractivity contribution in [2.75, 3.05) is 4.90 Å². The van der Waals surface area contributed by atoms with Gasteiger partial charge in [-0.15, -0.1) is 0 Å². The van der Waals surface area contributed by atoms with Gasteiger partial charge in [-0.25, -0.2) is 0 Å². The van der Waals surface area contributed by atoms with Crippen molar-refractivity contribution in [2.24, 2.45) is 0 Å². The van der Waals surface area contributed by atoms with E-state index in [2.05, 4.69) is 4.98 Å². The Morgan fingerprint density at radius 1 is 0.842 bits per heavy atom. The van der Waals surface area contributed by atoms with Crippen molar-refractivity contribution in [3.8, 4) is 11.5 Å². The van der Waals surface area contributed by atoms with Crippen LogP contribution in [0.2, 0.25) is 0 Å². The summed E-state index contributed by atoms with van der Waals surface area (Å²) in [5.41, 5.74) is 3.46. The van der Waals surface area contributed by atoms with Gasteiger partial charge in [-0.1, -0.05) is 60.7 Å². The SMILES string of the molecule is Cc1cccc(N2C(=O)C(=O)/C(=C(\O)c3c[nH]c4ccccc34)C2c2cccc(Oc3ccccc3)c2)c1. The van der Waals surface area contributed by atoms with Crippen LogP contribution in [0.5, 0.6) is 11.5 Å². The Labute approximate surface area is 219 Å². The molecule has 1 unspecified atom stereocenters. The van der Waals surface area contributed by atoms with Gasteiger partial charge in [0, 0.05) is 28.4 Å². The van der Waals surface area contributed by atoms with Crippen molar-refractivity contribution in [1.29, 1.82) is 0 Å². The first-order valence-corrected chi connectivity index (χ1v) is 12.3. The average Bonchev–Trinajstić information content (AvgIpc) is 3.48. The standard InChI is InChI=1S/C32H24N2O4/c1-20-9-7-11-22(17-20)34-29(21-10-8-14-24(18-21)38-23-12-3-2-4-13-23)28(31(36)32(34)37)30(35)26-19-33-27-16-6-5-15-25(26)27/h2-19,29,33,35H,1H3/b30-28-. The molecular weight excluding hydrogens is 476 g/mol. The number of ether oxygens (including phenoxy) is 1. The van der Waals surface area contributed by atoms with Crippen LogP contribution in [0, 0.1) is 6.92 Å². The number of aryl methyl sites for hydroxylation is 1. The highest BCUT2D eigenvalue weighted by Gasteiger charge is 2.47. The molecule has 0 radical (unpaired) electrons. The fraction of sp³-hybridized carbons (Fsp3) is 0.0625. The molecule has 0 saturated carbocycles. The van der Waals surface area contributed by atoms with E-state index < -0.39 is 17.7 Å². The van der Waals surface area contributed by atoms with E-state index in [4.69, 9.17) is 4.74 Å². The molecule has 0 spiro atoms. The Balaban J connectivity index is 1.54. The molecule has 1 saturated heterocycles. The van der Waals surface area contributed by atoms with Gasteiger partial charge in [0.1, 0.15) is 17.3 Å². The third-order valence-corrected chi connectivity index (χ3v) is 6.72. The summed E-state index contributed by atoms with van der Waals surface area (Å²) in [7, 11) is 0. The molecule has 6 heteroatoms. The number of H-pyrrole nitrogens is 1. The summed E-state index contributed by atoms with van der Waals surface area (Å²) in [6.07, 6.45) is 1.66. The third-order valence-electron chi connectivity index (χ3n) is 6.72. The number of ketones is 1. The monoisotopic (exact) mass is 500 g/mol. The first-order chi connectivity index (χ1) is 18.5. The van der Waals surface area contributed by atoms with E-state index in [0.29, 0.717) is 28.3 Å². The van der Waals surface area contributed by atoms with Gasteiger partial charge < -0.3 is 14.8 Å². The number of hydrogen-bond donors (Lipinski definition) is 2. The number of anilines is 1. The van der Waals surface area contributed by atoms with Gasteiger partial charge in [-0.3, -0.25) is 14.5 Å². The summed E-state index contributed by atoms with van der Waals surface area (Å²) in [6.45, 7) is 1.93. The lowest BCUT2D eigenvalue weighted by molar-refractivity contribution is -0.132. The number of Topliss-reactive ketones (excluding diaryl/α,β-unsaturated/α-hetero) is 1. The Bertz CT molecular complexity index is 1720. The number of benzene rings is 4. The number of aromatic nitrogens is 1. The molecule has 1 aromatic heterocycles. The van der Waals surface area contributed by atoms with Crippen LogP contribution in [0.15, 0.2) is 115 Å². The van der Waals surface area contributed by atoms with Gasteiger partial charge in [0.05, 0.1) is 11.6 Å². The van der Waals surface area contributed by atoms with Crippen LogP contribution in [-0.4, -0.2) is 21.8 Å². The van der Waals surface area contributed by atoms with Crippen molar-refractivity contribution in [2.45, 2.75) is 13.0 Å². The first-order valence-electron chi connectivity index (χ1n) is 12.3. The molecule has 4 aromatic carbocycles. The molecule has 6 nitrogen and oxygen atoms in total. The number of carbonyl (C=O) groups excluding carboxylic acids is 2. The quantitative estimate of drug-likeness (QED) is 0.156. The van der Waals surface area contributed by atoms with Crippen LogP contribution in [0.4, 0.5) is 5.69 Å². The summed E-state index contributed by atoms with van der Waals surface area (Å²) >= 11 is 0. The number of rotatable bonds is 5. The van der Waals surface area contributed by atoms with Gasteiger partial charge >= 0.3 is 0 Å². The largest absolute Gasteiger partial charge is 0.507 e. The number of hydrogen-bond acceptors (Lipinski definition) is 4. The van der Waals surface area contributed by atoms with Crippen LogP contribution in [0.25, 0.3) is 16.7 Å². The second-order valence-electron chi connectivity index (χ2n) is 9.24. The maximum atomic E-state index is 13.6. The minimum atomic E-state index is -0.857. The van der Waals surface area contributed by atoms with Crippen molar-refractivity contribution < 1.29 is 19.4 Å². The second kappa shape index (κ2) is 9.41. The van der Waals surface area contributed by atoms with E-state index in [0.717, 1.165) is 16.5 Å². The Hall–Kier alpha value is -5.10. The van der Waals surface area contributed by atoms with Gasteiger partial charge in [-0.2, -0.15) is 0 Å². The number of aliphatic hydroxyl groups excluding tert-OH is 1. The molecule has 1 atom stereocenters. The van der Waals surface area contributed by atoms with Crippen LogP contribution in [-0.2, 0) is 9.59 Å².